The number of halogens is 6. The van der Waals surface area contributed by atoms with Crippen LogP contribution in [0.25, 0.3) is 0 Å². The van der Waals surface area contributed by atoms with E-state index >= 15 is 0 Å². The number of likely N-dealkylation sites (N-methyl/N-ethyl adjacent to an activating group) is 1. The van der Waals surface area contributed by atoms with Gasteiger partial charge in [0.15, 0.2) is 0 Å². The molecule has 1 unspecified atom stereocenters. The molecular weight excluding hydrogens is 496 g/mol. The van der Waals surface area contributed by atoms with Gasteiger partial charge in [-0.15, -0.1) is 0 Å². The quantitative estimate of drug-likeness (QED) is 0.380. The number of nitrogens with zero attached hydrogens (tertiary/aromatic N) is 3. The summed E-state index contributed by atoms with van der Waals surface area (Å²) in [6.07, 6.45) is -7.74. The van der Waals surface area contributed by atoms with Crippen molar-refractivity contribution in [1.29, 1.82) is 0 Å². The second-order valence-electron chi connectivity index (χ2n) is 9.47. The Morgan fingerprint density at radius 2 is 1.49 bits per heavy atom. The van der Waals surface area contributed by atoms with Crippen molar-refractivity contribution >= 4 is 5.91 Å². The van der Waals surface area contributed by atoms with Gasteiger partial charge in [-0.25, -0.2) is 0 Å². The smallest absolute Gasteiger partial charge is 0.344 e. The summed E-state index contributed by atoms with van der Waals surface area (Å²) in [5.41, 5.74) is -2.02. The summed E-state index contributed by atoms with van der Waals surface area (Å²) in [7, 11) is 1.54. The minimum Gasteiger partial charge on any atom is -0.344 e. The summed E-state index contributed by atoms with van der Waals surface area (Å²) in [6.45, 7) is 6.15. The number of unbranched alkanes of at least 4 members (excludes halogenated alkanes) is 1. The molecule has 3 rings (SSSR count). The lowest BCUT2D eigenvalue weighted by molar-refractivity contribution is -0.143. The number of piperazine rings is 1. The highest BCUT2D eigenvalue weighted by Crippen LogP contribution is 2.36. The normalized spacial score (nSPS) is 16.5. The molecule has 1 fully saturated rings. The Labute approximate surface area is 213 Å². The highest BCUT2D eigenvalue weighted by Gasteiger charge is 2.37. The monoisotopic (exact) mass is 529 g/mol. The molecule has 10 heteroatoms. The molecule has 0 aromatic heterocycles. The number of alkyl halides is 6. The molecule has 0 spiro atoms. The Morgan fingerprint density at radius 3 is 2.00 bits per heavy atom. The molecule has 1 heterocycles. The topological polar surface area (TPSA) is 26.8 Å². The molecule has 204 valence electrons. The molecule has 2 aromatic rings. The van der Waals surface area contributed by atoms with Crippen molar-refractivity contribution in [2.75, 3.05) is 46.3 Å². The predicted molar refractivity (Wildman–Crippen MR) is 130 cm³/mol. The lowest BCUT2D eigenvalue weighted by atomic mass is 10.0. The first-order chi connectivity index (χ1) is 17.4. The molecule has 1 atom stereocenters. The fourth-order valence-corrected chi connectivity index (χ4v) is 4.55. The molecule has 1 aliphatic heterocycles. The molecular formula is C27H33F6N3O. The van der Waals surface area contributed by atoms with Crippen LogP contribution in [0.1, 0.15) is 48.1 Å². The van der Waals surface area contributed by atoms with E-state index in [0.29, 0.717) is 13.1 Å². The van der Waals surface area contributed by atoms with Crippen molar-refractivity contribution in [3.8, 4) is 0 Å². The van der Waals surface area contributed by atoms with Crippen molar-refractivity contribution in [1.82, 2.24) is 14.7 Å². The third kappa shape index (κ3) is 7.95. The van der Waals surface area contributed by atoms with Gasteiger partial charge in [0.05, 0.1) is 11.1 Å². The van der Waals surface area contributed by atoms with E-state index in [9.17, 15) is 31.1 Å². The number of rotatable bonds is 9. The molecule has 37 heavy (non-hydrogen) atoms. The van der Waals surface area contributed by atoms with Crippen LogP contribution in [-0.4, -0.2) is 66.9 Å². The third-order valence-electron chi connectivity index (χ3n) is 6.71. The molecule has 1 amide bonds. The lowest BCUT2D eigenvalue weighted by Crippen LogP contribution is -2.51. The van der Waals surface area contributed by atoms with Crippen LogP contribution in [-0.2, 0) is 23.6 Å². The number of carbonyl (C=O) groups is 1. The maximum Gasteiger partial charge on any atom is 0.416 e. The van der Waals surface area contributed by atoms with E-state index in [1.807, 2.05) is 30.3 Å². The average Bonchev–Trinajstić information content (AvgIpc) is 2.86. The SMILES string of the molecule is CCCCN1CCN(C(C(=O)N(C)CCc2cc(C(F)(F)F)cc(C(F)(F)F)c2)c2ccccc2)CC1. The highest BCUT2D eigenvalue weighted by molar-refractivity contribution is 5.83. The summed E-state index contributed by atoms with van der Waals surface area (Å²) in [5.74, 6) is -0.240. The van der Waals surface area contributed by atoms with Crippen LogP contribution < -0.4 is 0 Å². The molecule has 0 bridgehead atoms. The summed E-state index contributed by atoms with van der Waals surface area (Å²) < 4.78 is 79.3. The van der Waals surface area contributed by atoms with E-state index in [1.54, 1.807) is 0 Å². The average molecular weight is 530 g/mol. The Bertz CT molecular complexity index is 985. The Kier molecular flexibility index (Phi) is 9.63. The minimum absolute atomic E-state index is 0.0166. The van der Waals surface area contributed by atoms with Gasteiger partial charge in [-0.2, -0.15) is 26.3 Å². The van der Waals surface area contributed by atoms with Crippen LogP contribution in [0, 0.1) is 0 Å². The van der Waals surface area contributed by atoms with E-state index in [1.165, 1.54) is 11.9 Å². The zero-order chi connectivity index (χ0) is 27.2. The Balaban J connectivity index is 1.76. The molecule has 1 saturated heterocycles. The van der Waals surface area contributed by atoms with E-state index in [0.717, 1.165) is 50.2 Å². The molecule has 0 radical (unpaired) electrons. The Morgan fingerprint density at radius 1 is 0.919 bits per heavy atom. The van der Waals surface area contributed by atoms with E-state index < -0.39 is 29.5 Å². The zero-order valence-electron chi connectivity index (χ0n) is 21.1. The van der Waals surface area contributed by atoms with Gasteiger partial charge in [0.2, 0.25) is 5.91 Å². The van der Waals surface area contributed by atoms with Crippen LogP contribution in [0.5, 0.6) is 0 Å². The molecule has 1 aliphatic rings. The first-order valence-electron chi connectivity index (χ1n) is 12.4. The van der Waals surface area contributed by atoms with Gasteiger partial charge in [-0.3, -0.25) is 9.69 Å². The fourth-order valence-electron chi connectivity index (χ4n) is 4.55. The standard InChI is InChI=1S/C27H33F6N3O/c1-3-4-11-35-13-15-36(16-14-35)24(21-8-6-5-7-9-21)25(37)34(2)12-10-20-17-22(26(28,29)30)19-23(18-20)27(31,32)33/h5-9,17-19,24H,3-4,10-16H2,1-2H3. The van der Waals surface area contributed by atoms with Crippen molar-refractivity contribution in [2.45, 2.75) is 44.6 Å². The van der Waals surface area contributed by atoms with Crippen LogP contribution in [0.3, 0.4) is 0 Å². The van der Waals surface area contributed by atoms with Crippen LogP contribution in [0.4, 0.5) is 26.3 Å². The van der Waals surface area contributed by atoms with Crippen molar-refractivity contribution < 1.29 is 31.1 Å². The number of hydrogen-bond donors (Lipinski definition) is 0. The predicted octanol–water partition coefficient (Wildman–Crippen LogP) is 5.88. The lowest BCUT2D eigenvalue weighted by Gasteiger charge is -2.40. The maximum absolute atomic E-state index is 13.6. The van der Waals surface area contributed by atoms with E-state index in [2.05, 4.69) is 16.7 Å². The van der Waals surface area contributed by atoms with Gasteiger partial charge in [-0.05, 0) is 48.7 Å². The van der Waals surface area contributed by atoms with Gasteiger partial charge in [0, 0.05) is 39.8 Å². The molecule has 4 nitrogen and oxygen atoms in total. The summed E-state index contributed by atoms with van der Waals surface area (Å²) in [6, 6.07) is 10.2. The van der Waals surface area contributed by atoms with Crippen LogP contribution >= 0.6 is 0 Å². The summed E-state index contributed by atoms with van der Waals surface area (Å²) in [4.78, 5) is 19.4. The van der Waals surface area contributed by atoms with Crippen molar-refractivity contribution in [2.24, 2.45) is 0 Å². The molecule has 0 saturated carbocycles. The minimum atomic E-state index is -4.91. The number of carbonyl (C=O) groups excluding carboxylic acids is 1. The number of amides is 1. The second kappa shape index (κ2) is 12.3. The third-order valence-corrected chi connectivity index (χ3v) is 6.71. The molecule has 2 aromatic carbocycles. The maximum atomic E-state index is 13.6. The van der Waals surface area contributed by atoms with Gasteiger partial charge in [0.1, 0.15) is 6.04 Å². The number of benzene rings is 2. The van der Waals surface area contributed by atoms with Gasteiger partial charge in [-0.1, -0.05) is 43.7 Å². The van der Waals surface area contributed by atoms with Crippen LogP contribution in [0.2, 0.25) is 0 Å². The summed E-state index contributed by atoms with van der Waals surface area (Å²) in [5, 5.41) is 0. The fraction of sp³-hybridized carbons (Fsp3) is 0.519. The first kappa shape index (κ1) is 29.0. The number of hydrogen-bond acceptors (Lipinski definition) is 3. The Hall–Kier alpha value is -2.59. The second-order valence-corrected chi connectivity index (χ2v) is 9.47. The van der Waals surface area contributed by atoms with Crippen molar-refractivity contribution in [3.63, 3.8) is 0 Å². The molecule has 0 N–H and O–H groups in total. The van der Waals surface area contributed by atoms with Gasteiger partial charge >= 0.3 is 12.4 Å². The largest absolute Gasteiger partial charge is 0.416 e. The van der Waals surface area contributed by atoms with Crippen molar-refractivity contribution in [3.05, 3.63) is 70.8 Å². The molecule has 0 aliphatic carbocycles. The van der Waals surface area contributed by atoms with Gasteiger partial charge < -0.3 is 9.80 Å². The van der Waals surface area contributed by atoms with E-state index in [-0.39, 0.29) is 30.5 Å². The first-order valence-corrected chi connectivity index (χ1v) is 12.4. The highest BCUT2D eigenvalue weighted by atomic mass is 19.4. The van der Waals surface area contributed by atoms with Gasteiger partial charge in [0.25, 0.3) is 0 Å². The zero-order valence-corrected chi connectivity index (χ0v) is 21.1. The summed E-state index contributed by atoms with van der Waals surface area (Å²) >= 11 is 0. The van der Waals surface area contributed by atoms with Crippen LogP contribution in [0.15, 0.2) is 48.5 Å². The van der Waals surface area contributed by atoms with E-state index in [4.69, 9.17) is 0 Å².